The lowest BCUT2D eigenvalue weighted by molar-refractivity contribution is 0.563. The quantitative estimate of drug-likeness (QED) is 0.163. The van der Waals surface area contributed by atoms with Crippen molar-refractivity contribution in [2.24, 2.45) is 0 Å². The van der Waals surface area contributed by atoms with Gasteiger partial charge in [-0.2, -0.15) is 0 Å². The molecule has 0 aliphatic heterocycles. The molecule has 0 saturated carbocycles. The van der Waals surface area contributed by atoms with Crippen molar-refractivity contribution >= 4 is 17.1 Å². The predicted octanol–water partition coefficient (Wildman–Crippen LogP) is 15.2. The Morgan fingerprint density at radius 3 is 1.31 bits per heavy atom. The fourth-order valence-electron chi connectivity index (χ4n) is 10.3. The van der Waals surface area contributed by atoms with E-state index in [2.05, 4.69) is 243 Å². The standard InChI is InChI=1S/C58H43N/c1-57(2)51-26-14-15-27-53(51)58(50-25-13-12-23-49(50)56-48(24-16-28-54(56)58)44-21-10-5-11-22-44)55-39-47(37-38-52(55)57)59(45-33-29-42(30-34-45)40-17-6-3-7-18-40)46-35-31-43(32-36-46)41-19-8-4-9-20-41/h3-39H,1-2H3. The zero-order chi connectivity index (χ0) is 39.6. The molecule has 1 spiro atoms. The maximum atomic E-state index is 2.52. The molecule has 11 rings (SSSR count). The molecule has 1 atom stereocenters. The third kappa shape index (κ3) is 5.39. The summed E-state index contributed by atoms with van der Waals surface area (Å²) in [6.45, 7) is 4.81. The largest absolute Gasteiger partial charge is 0.310 e. The van der Waals surface area contributed by atoms with Crippen LogP contribution < -0.4 is 4.90 Å². The summed E-state index contributed by atoms with van der Waals surface area (Å²) in [5.41, 5.74) is 20.6. The van der Waals surface area contributed by atoms with E-state index in [0.717, 1.165) is 17.1 Å². The zero-order valence-corrected chi connectivity index (χ0v) is 33.3. The van der Waals surface area contributed by atoms with Gasteiger partial charge in [-0.25, -0.2) is 0 Å². The summed E-state index contributed by atoms with van der Waals surface area (Å²) in [5, 5.41) is 0. The summed E-state index contributed by atoms with van der Waals surface area (Å²) in [6.07, 6.45) is 0. The van der Waals surface area contributed by atoms with Crippen LogP contribution >= 0.6 is 0 Å². The molecule has 0 amide bonds. The van der Waals surface area contributed by atoms with Gasteiger partial charge in [-0.1, -0.05) is 202 Å². The van der Waals surface area contributed by atoms with E-state index in [1.165, 1.54) is 77.9 Å². The average molecular weight is 754 g/mol. The van der Waals surface area contributed by atoms with Crippen molar-refractivity contribution in [3.8, 4) is 44.5 Å². The lowest BCUT2D eigenvalue weighted by atomic mass is 9.55. The summed E-state index contributed by atoms with van der Waals surface area (Å²) < 4.78 is 0. The number of benzene rings is 9. The second kappa shape index (κ2) is 13.7. The minimum absolute atomic E-state index is 0.232. The highest BCUT2D eigenvalue weighted by Crippen LogP contribution is 2.64. The van der Waals surface area contributed by atoms with Gasteiger partial charge in [-0.3, -0.25) is 0 Å². The monoisotopic (exact) mass is 753 g/mol. The molecule has 0 fully saturated rings. The van der Waals surface area contributed by atoms with E-state index >= 15 is 0 Å². The molecule has 0 heterocycles. The van der Waals surface area contributed by atoms with Crippen LogP contribution in [0.2, 0.25) is 0 Å². The number of nitrogens with zero attached hydrogens (tertiary/aromatic N) is 1. The summed E-state index contributed by atoms with van der Waals surface area (Å²) in [6, 6.07) is 83.0. The maximum absolute atomic E-state index is 2.52. The van der Waals surface area contributed by atoms with Crippen LogP contribution in [0.5, 0.6) is 0 Å². The van der Waals surface area contributed by atoms with E-state index in [1.54, 1.807) is 0 Å². The first-order valence-corrected chi connectivity index (χ1v) is 20.7. The molecule has 0 N–H and O–H groups in total. The summed E-state index contributed by atoms with van der Waals surface area (Å²) >= 11 is 0. The van der Waals surface area contributed by atoms with E-state index in [1.807, 2.05) is 0 Å². The average Bonchev–Trinajstić information content (AvgIpc) is 3.61. The van der Waals surface area contributed by atoms with Crippen LogP contribution in [-0.4, -0.2) is 0 Å². The van der Waals surface area contributed by atoms with Crippen LogP contribution in [0.4, 0.5) is 17.1 Å². The Labute approximate surface area is 347 Å². The van der Waals surface area contributed by atoms with E-state index in [0.29, 0.717) is 0 Å². The Morgan fingerprint density at radius 2 is 0.712 bits per heavy atom. The number of anilines is 3. The number of hydrogen-bond donors (Lipinski definition) is 0. The lowest BCUT2D eigenvalue weighted by Gasteiger charge is -2.47. The second-order valence-electron chi connectivity index (χ2n) is 16.5. The highest BCUT2D eigenvalue weighted by Gasteiger charge is 2.54. The Bertz CT molecular complexity index is 2900. The molecule has 2 aliphatic rings. The second-order valence-corrected chi connectivity index (χ2v) is 16.5. The molecule has 1 unspecified atom stereocenters. The normalized spacial score (nSPS) is 15.5. The van der Waals surface area contributed by atoms with Crippen LogP contribution in [0.1, 0.15) is 47.2 Å². The van der Waals surface area contributed by atoms with Crippen molar-refractivity contribution in [3.05, 3.63) is 258 Å². The van der Waals surface area contributed by atoms with Crippen molar-refractivity contribution in [2.45, 2.75) is 24.7 Å². The van der Waals surface area contributed by atoms with Gasteiger partial charge in [0.15, 0.2) is 0 Å². The van der Waals surface area contributed by atoms with E-state index in [-0.39, 0.29) is 5.41 Å². The molecule has 1 heteroatoms. The van der Waals surface area contributed by atoms with Gasteiger partial charge >= 0.3 is 0 Å². The van der Waals surface area contributed by atoms with Crippen LogP contribution in [0.3, 0.4) is 0 Å². The van der Waals surface area contributed by atoms with Gasteiger partial charge in [0, 0.05) is 22.5 Å². The van der Waals surface area contributed by atoms with Crippen LogP contribution in [-0.2, 0) is 10.8 Å². The minimum Gasteiger partial charge on any atom is -0.310 e. The van der Waals surface area contributed by atoms with Crippen LogP contribution in [0.15, 0.2) is 224 Å². The topological polar surface area (TPSA) is 3.24 Å². The molecule has 1 nitrogen and oxygen atoms in total. The number of fused-ring (bicyclic) bond motifs is 9. The first-order valence-electron chi connectivity index (χ1n) is 20.7. The van der Waals surface area contributed by atoms with Gasteiger partial charge in [0.25, 0.3) is 0 Å². The highest BCUT2D eigenvalue weighted by atomic mass is 15.1. The van der Waals surface area contributed by atoms with Crippen molar-refractivity contribution in [2.75, 3.05) is 4.90 Å². The van der Waals surface area contributed by atoms with Gasteiger partial charge < -0.3 is 4.90 Å². The van der Waals surface area contributed by atoms with E-state index < -0.39 is 5.41 Å². The molecular formula is C58H43N. The molecule has 0 radical (unpaired) electrons. The van der Waals surface area contributed by atoms with Crippen LogP contribution in [0, 0.1) is 0 Å². The number of hydrogen-bond acceptors (Lipinski definition) is 1. The van der Waals surface area contributed by atoms with Gasteiger partial charge in [0.2, 0.25) is 0 Å². The van der Waals surface area contributed by atoms with Crippen molar-refractivity contribution < 1.29 is 0 Å². The smallest absolute Gasteiger partial charge is 0.0720 e. The Balaban J connectivity index is 1.17. The highest BCUT2D eigenvalue weighted by molar-refractivity contribution is 5.97. The third-order valence-electron chi connectivity index (χ3n) is 13.0. The van der Waals surface area contributed by atoms with Crippen molar-refractivity contribution in [1.82, 2.24) is 0 Å². The fourth-order valence-corrected chi connectivity index (χ4v) is 10.3. The summed E-state index contributed by atoms with van der Waals surface area (Å²) in [5.74, 6) is 0. The molecule has 9 aromatic rings. The van der Waals surface area contributed by atoms with E-state index in [9.17, 15) is 0 Å². The number of rotatable bonds is 6. The molecule has 280 valence electrons. The van der Waals surface area contributed by atoms with Crippen molar-refractivity contribution in [3.63, 3.8) is 0 Å². The molecule has 0 saturated heterocycles. The Kier molecular flexibility index (Phi) is 8.13. The predicted molar refractivity (Wildman–Crippen MR) is 247 cm³/mol. The first-order chi connectivity index (χ1) is 29.0. The van der Waals surface area contributed by atoms with Crippen molar-refractivity contribution in [1.29, 1.82) is 0 Å². The van der Waals surface area contributed by atoms with E-state index in [4.69, 9.17) is 0 Å². The molecular weight excluding hydrogens is 711 g/mol. The molecule has 9 aromatic carbocycles. The van der Waals surface area contributed by atoms with Gasteiger partial charge in [-0.05, 0) is 114 Å². The van der Waals surface area contributed by atoms with Crippen LogP contribution in [0.25, 0.3) is 44.5 Å². The summed E-state index contributed by atoms with van der Waals surface area (Å²) in [7, 11) is 0. The maximum Gasteiger partial charge on any atom is 0.0720 e. The zero-order valence-electron chi connectivity index (χ0n) is 33.3. The molecule has 0 aromatic heterocycles. The first kappa shape index (κ1) is 35.0. The van der Waals surface area contributed by atoms with Gasteiger partial charge in [-0.15, -0.1) is 0 Å². The fraction of sp³-hybridized carbons (Fsp3) is 0.0690. The minimum atomic E-state index is -0.534. The third-order valence-corrected chi connectivity index (χ3v) is 13.0. The van der Waals surface area contributed by atoms with Gasteiger partial charge in [0.05, 0.1) is 5.41 Å². The summed E-state index contributed by atoms with van der Waals surface area (Å²) in [4.78, 5) is 2.44. The Morgan fingerprint density at radius 1 is 0.288 bits per heavy atom. The Hall–Kier alpha value is -7.22. The molecule has 2 aliphatic carbocycles. The van der Waals surface area contributed by atoms with Gasteiger partial charge in [0.1, 0.15) is 0 Å². The molecule has 0 bridgehead atoms. The lowest BCUT2D eigenvalue weighted by Crippen LogP contribution is -2.40. The molecule has 59 heavy (non-hydrogen) atoms. The SMILES string of the molecule is CC1(C)c2ccccc2C2(c3ccccc3-c3c(-c4ccccc4)cccc32)c2cc(N(c3ccc(-c4ccccc4)cc3)c3ccc(-c4ccccc4)cc3)ccc21.